The molecule has 0 aromatic carbocycles. The first kappa shape index (κ1) is 11.7. The number of hydrogen-bond donors (Lipinski definition) is 0. The smallest absolute Gasteiger partial charge is 0.345 e. The predicted molar refractivity (Wildman–Crippen MR) is 39.5 cm³/mol. The fourth-order valence-electron chi connectivity index (χ4n) is 1.62. The number of halogens is 5. The van der Waals surface area contributed by atoms with E-state index < -0.39 is 37.0 Å². The van der Waals surface area contributed by atoms with Crippen LogP contribution in [0.25, 0.3) is 0 Å². The molecule has 0 spiro atoms. The molecule has 1 fully saturated rings. The molecule has 0 aliphatic heterocycles. The Morgan fingerprint density at radius 2 is 1.64 bits per heavy atom. The molecule has 0 heterocycles. The highest BCUT2D eigenvalue weighted by molar-refractivity contribution is 5.05. The lowest BCUT2D eigenvalue weighted by Gasteiger charge is -2.41. The second-order valence-electron chi connectivity index (χ2n) is 3.53. The molecule has 0 bridgehead atoms. The Bertz CT molecular complexity index is 214. The van der Waals surface area contributed by atoms with Gasteiger partial charge in [0, 0.05) is 13.5 Å². The fourth-order valence-corrected chi connectivity index (χ4v) is 1.62. The standard InChI is InChI=1S/C8H11F5O/c1-14-5-6(9)3-2-4-7(10,11)8(6,12)13/h2-5H2,1H3. The third-order valence-corrected chi connectivity index (χ3v) is 2.46. The molecule has 0 aromatic heterocycles. The Kier molecular flexibility index (Phi) is 2.77. The molecule has 14 heavy (non-hydrogen) atoms. The van der Waals surface area contributed by atoms with Crippen molar-refractivity contribution in [3.8, 4) is 0 Å². The maximum Gasteiger partial charge on any atom is 0.345 e. The van der Waals surface area contributed by atoms with Gasteiger partial charge in [-0.1, -0.05) is 0 Å². The van der Waals surface area contributed by atoms with Gasteiger partial charge < -0.3 is 4.74 Å². The normalized spacial score (nSPS) is 35.6. The van der Waals surface area contributed by atoms with Crippen molar-refractivity contribution in [2.45, 2.75) is 36.8 Å². The first-order valence-corrected chi connectivity index (χ1v) is 4.20. The van der Waals surface area contributed by atoms with Gasteiger partial charge in [0.25, 0.3) is 0 Å². The minimum Gasteiger partial charge on any atom is -0.381 e. The molecule has 6 heteroatoms. The van der Waals surface area contributed by atoms with Crippen molar-refractivity contribution in [3.05, 3.63) is 0 Å². The SMILES string of the molecule is COCC1(F)CCCC(F)(F)C1(F)F. The zero-order chi connectivity index (χ0) is 11.0. The largest absolute Gasteiger partial charge is 0.381 e. The van der Waals surface area contributed by atoms with E-state index >= 15 is 0 Å². The van der Waals surface area contributed by atoms with E-state index in [2.05, 4.69) is 4.74 Å². The summed E-state index contributed by atoms with van der Waals surface area (Å²) >= 11 is 0. The molecule has 0 saturated heterocycles. The average molecular weight is 218 g/mol. The summed E-state index contributed by atoms with van der Waals surface area (Å²) in [6, 6.07) is 0. The van der Waals surface area contributed by atoms with E-state index in [-0.39, 0.29) is 6.42 Å². The van der Waals surface area contributed by atoms with Crippen molar-refractivity contribution in [1.82, 2.24) is 0 Å². The van der Waals surface area contributed by atoms with Crippen LogP contribution >= 0.6 is 0 Å². The Morgan fingerprint density at radius 1 is 1.07 bits per heavy atom. The summed E-state index contributed by atoms with van der Waals surface area (Å²) in [6.45, 7) is -1.00. The molecule has 0 aromatic rings. The van der Waals surface area contributed by atoms with Crippen LogP contribution < -0.4 is 0 Å². The first-order valence-electron chi connectivity index (χ1n) is 4.20. The van der Waals surface area contributed by atoms with Gasteiger partial charge in [-0.15, -0.1) is 0 Å². The predicted octanol–water partition coefficient (Wildman–Crippen LogP) is 2.80. The maximum absolute atomic E-state index is 13.5. The van der Waals surface area contributed by atoms with Crippen LogP contribution in [0.1, 0.15) is 19.3 Å². The van der Waals surface area contributed by atoms with Crippen molar-refractivity contribution < 1.29 is 26.7 Å². The van der Waals surface area contributed by atoms with Gasteiger partial charge in [0.2, 0.25) is 5.67 Å². The molecule has 0 radical (unpaired) electrons. The van der Waals surface area contributed by atoms with E-state index in [4.69, 9.17) is 0 Å². The Morgan fingerprint density at radius 3 is 2.14 bits per heavy atom. The van der Waals surface area contributed by atoms with Gasteiger partial charge in [-0.2, -0.15) is 17.6 Å². The van der Waals surface area contributed by atoms with Crippen molar-refractivity contribution in [2.75, 3.05) is 13.7 Å². The van der Waals surface area contributed by atoms with E-state index in [9.17, 15) is 22.0 Å². The molecule has 1 nitrogen and oxygen atoms in total. The average Bonchev–Trinajstić information content (AvgIpc) is 2.01. The summed E-state index contributed by atoms with van der Waals surface area (Å²) in [7, 11) is 1.00. The molecule has 1 aliphatic carbocycles. The maximum atomic E-state index is 13.5. The third kappa shape index (κ3) is 1.49. The van der Waals surface area contributed by atoms with Gasteiger partial charge in [0.1, 0.15) is 0 Å². The van der Waals surface area contributed by atoms with E-state index in [1.165, 1.54) is 0 Å². The summed E-state index contributed by atoms with van der Waals surface area (Å²) < 4.78 is 69.3. The topological polar surface area (TPSA) is 9.23 Å². The lowest BCUT2D eigenvalue weighted by molar-refractivity contribution is -0.299. The van der Waals surface area contributed by atoms with Crippen LogP contribution in [0.4, 0.5) is 22.0 Å². The molecule has 1 unspecified atom stereocenters. The van der Waals surface area contributed by atoms with Gasteiger partial charge in [-0.3, -0.25) is 0 Å². The van der Waals surface area contributed by atoms with Crippen LogP contribution in [0.3, 0.4) is 0 Å². The lowest BCUT2D eigenvalue weighted by Crippen LogP contribution is -2.61. The highest BCUT2D eigenvalue weighted by Gasteiger charge is 2.71. The summed E-state index contributed by atoms with van der Waals surface area (Å²) in [5.74, 6) is -8.92. The van der Waals surface area contributed by atoms with E-state index in [0.717, 1.165) is 7.11 Å². The van der Waals surface area contributed by atoms with E-state index in [0.29, 0.717) is 0 Å². The Balaban J connectivity index is 2.96. The zero-order valence-electron chi connectivity index (χ0n) is 7.63. The van der Waals surface area contributed by atoms with Crippen molar-refractivity contribution in [2.24, 2.45) is 0 Å². The van der Waals surface area contributed by atoms with E-state index in [1.807, 2.05) is 0 Å². The second-order valence-corrected chi connectivity index (χ2v) is 3.53. The number of hydrogen-bond acceptors (Lipinski definition) is 1. The highest BCUT2D eigenvalue weighted by Crippen LogP contribution is 2.52. The number of alkyl halides is 5. The summed E-state index contributed by atoms with van der Waals surface area (Å²) in [5.41, 5.74) is -3.25. The Labute approximate surface area is 78.2 Å². The van der Waals surface area contributed by atoms with Crippen LogP contribution in [0.5, 0.6) is 0 Å². The molecule has 1 aliphatic rings. The van der Waals surface area contributed by atoms with Crippen LogP contribution in [0.2, 0.25) is 0 Å². The second kappa shape index (κ2) is 3.32. The molecule has 1 saturated carbocycles. The van der Waals surface area contributed by atoms with Gasteiger partial charge >= 0.3 is 11.8 Å². The van der Waals surface area contributed by atoms with Gasteiger partial charge in [0.05, 0.1) is 6.61 Å². The number of ether oxygens (including phenoxy) is 1. The molecule has 0 N–H and O–H groups in total. The fraction of sp³-hybridized carbons (Fsp3) is 1.00. The van der Waals surface area contributed by atoms with Crippen molar-refractivity contribution in [1.29, 1.82) is 0 Å². The molecule has 1 rings (SSSR count). The van der Waals surface area contributed by atoms with Crippen molar-refractivity contribution in [3.63, 3.8) is 0 Å². The quantitative estimate of drug-likeness (QED) is 0.647. The number of methoxy groups -OCH3 is 1. The lowest BCUT2D eigenvalue weighted by atomic mass is 9.80. The Hall–Kier alpha value is -0.390. The van der Waals surface area contributed by atoms with Gasteiger partial charge in [-0.25, -0.2) is 4.39 Å². The summed E-state index contributed by atoms with van der Waals surface area (Å²) in [6.07, 6.45) is -1.83. The van der Waals surface area contributed by atoms with Crippen LogP contribution in [0, 0.1) is 0 Å². The van der Waals surface area contributed by atoms with Crippen LogP contribution in [-0.2, 0) is 4.74 Å². The minimum atomic E-state index is -4.64. The van der Waals surface area contributed by atoms with Crippen molar-refractivity contribution >= 4 is 0 Å². The molecular weight excluding hydrogens is 207 g/mol. The van der Waals surface area contributed by atoms with Crippen LogP contribution in [0.15, 0.2) is 0 Å². The molecule has 1 atom stereocenters. The van der Waals surface area contributed by atoms with Gasteiger partial charge in [0.15, 0.2) is 0 Å². The zero-order valence-corrected chi connectivity index (χ0v) is 7.63. The van der Waals surface area contributed by atoms with Crippen LogP contribution in [-0.4, -0.2) is 31.2 Å². The van der Waals surface area contributed by atoms with Gasteiger partial charge in [-0.05, 0) is 12.8 Å². The highest BCUT2D eigenvalue weighted by atomic mass is 19.3. The third-order valence-electron chi connectivity index (χ3n) is 2.46. The summed E-state index contributed by atoms with van der Waals surface area (Å²) in [5, 5.41) is 0. The van der Waals surface area contributed by atoms with E-state index in [1.54, 1.807) is 0 Å². The summed E-state index contributed by atoms with van der Waals surface area (Å²) in [4.78, 5) is 0. The monoisotopic (exact) mass is 218 g/mol. The molecule has 0 amide bonds. The first-order chi connectivity index (χ1) is 6.27. The molecule has 84 valence electrons. The number of rotatable bonds is 2. The molecular formula is C8H11F5O. The minimum absolute atomic E-state index is 0.261.